The number of rotatable bonds is 2. The predicted octanol–water partition coefficient (Wildman–Crippen LogP) is 3.03. The van der Waals surface area contributed by atoms with Gasteiger partial charge in [0.25, 0.3) is 0 Å². The zero-order valence-electron chi connectivity index (χ0n) is 9.19. The fraction of sp³-hybridized carbons (Fsp3) is 0.538. The Bertz CT molecular complexity index is 387. The highest BCUT2D eigenvalue weighted by Gasteiger charge is 2.37. The first-order chi connectivity index (χ1) is 7.74. The van der Waals surface area contributed by atoms with E-state index in [9.17, 15) is 5.11 Å². The van der Waals surface area contributed by atoms with Gasteiger partial charge in [0.2, 0.25) is 0 Å². The average molecular weight is 238 g/mol. The highest BCUT2D eigenvalue weighted by atomic mass is 35.5. The van der Waals surface area contributed by atoms with Gasteiger partial charge >= 0.3 is 0 Å². The molecular weight excluding hydrogens is 222 g/mol. The zero-order chi connectivity index (χ0) is 11.1. The van der Waals surface area contributed by atoms with Gasteiger partial charge in [0.1, 0.15) is 5.75 Å². The number of hydrogen-bond donors (Lipinski definition) is 1. The highest BCUT2D eigenvalue weighted by molar-refractivity contribution is 6.31. The summed E-state index contributed by atoms with van der Waals surface area (Å²) in [7, 11) is 0. The third-order valence-corrected chi connectivity index (χ3v) is 4.33. The number of nitrogens with zero attached hydrogens (tertiary/aromatic N) is 1. The Balaban J connectivity index is 1.79. The maximum atomic E-state index is 9.81. The summed E-state index contributed by atoms with van der Waals surface area (Å²) < 4.78 is 0. The zero-order valence-corrected chi connectivity index (χ0v) is 9.95. The van der Waals surface area contributed by atoms with Crippen molar-refractivity contribution in [2.75, 3.05) is 6.54 Å². The minimum atomic E-state index is 0.329. The maximum Gasteiger partial charge on any atom is 0.121 e. The number of fused-ring (bicyclic) bond motifs is 2. The Morgan fingerprint density at radius 2 is 2.25 bits per heavy atom. The highest BCUT2D eigenvalue weighted by Crippen LogP contribution is 2.39. The van der Waals surface area contributed by atoms with Crippen LogP contribution in [0, 0.1) is 5.92 Å². The van der Waals surface area contributed by atoms with Gasteiger partial charge in [-0.25, -0.2) is 0 Å². The summed E-state index contributed by atoms with van der Waals surface area (Å²) in [6, 6.07) is 6.08. The number of piperidine rings is 1. The first kappa shape index (κ1) is 10.4. The van der Waals surface area contributed by atoms with Gasteiger partial charge in [-0.05, 0) is 37.3 Å². The van der Waals surface area contributed by atoms with Crippen molar-refractivity contribution in [3.05, 3.63) is 28.8 Å². The molecule has 2 atom stereocenters. The molecule has 1 N–H and O–H groups in total. The minimum Gasteiger partial charge on any atom is -0.508 e. The Labute approximate surface area is 101 Å². The van der Waals surface area contributed by atoms with Gasteiger partial charge in [-0.1, -0.05) is 17.7 Å². The van der Waals surface area contributed by atoms with E-state index in [1.807, 2.05) is 6.07 Å². The molecule has 3 heteroatoms. The van der Waals surface area contributed by atoms with E-state index in [1.165, 1.54) is 25.8 Å². The van der Waals surface area contributed by atoms with Crippen molar-refractivity contribution < 1.29 is 5.11 Å². The molecule has 2 bridgehead atoms. The molecule has 0 radical (unpaired) electrons. The van der Waals surface area contributed by atoms with Crippen LogP contribution in [0.15, 0.2) is 18.2 Å². The lowest BCUT2D eigenvalue weighted by Gasteiger charge is -2.27. The number of phenolic OH excluding ortho intramolecular Hbond substituents is 1. The van der Waals surface area contributed by atoms with Crippen molar-refractivity contribution in [2.24, 2.45) is 5.92 Å². The van der Waals surface area contributed by atoms with Crippen LogP contribution >= 0.6 is 11.6 Å². The van der Waals surface area contributed by atoms with Crippen molar-refractivity contribution in [2.45, 2.75) is 31.8 Å². The first-order valence-electron chi connectivity index (χ1n) is 5.94. The lowest BCUT2D eigenvalue weighted by atomic mass is 10.1. The van der Waals surface area contributed by atoms with Crippen molar-refractivity contribution in [3.8, 4) is 5.75 Å². The smallest absolute Gasteiger partial charge is 0.121 e. The summed E-state index contributed by atoms with van der Waals surface area (Å²) in [4.78, 5) is 2.47. The molecule has 2 nitrogen and oxygen atoms in total. The molecule has 1 aliphatic heterocycles. The average Bonchev–Trinajstić information content (AvgIpc) is 2.85. The molecule has 0 aromatic heterocycles. The Morgan fingerprint density at radius 1 is 1.38 bits per heavy atom. The monoisotopic (exact) mass is 237 g/mol. The van der Waals surface area contributed by atoms with Crippen LogP contribution in [-0.4, -0.2) is 22.6 Å². The molecule has 0 spiro atoms. The number of phenols is 1. The third-order valence-electron chi connectivity index (χ3n) is 3.98. The molecule has 1 heterocycles. The lowest BCUT2D eigenvalue weighted by molar-refractivity contribution is 0.203. The van der Waals surface area contributed by atoms with Gasteiger partial charge in [0, 0.05) is 29.7 Å². The molecule has 2 aliphatic rings. The second kappa shape index (κ2) is 3.94. The topological polar surface area (TPSA) is 23.5 Å². The molecule has 2 unspecified atom stereocenters. The third kappa shape index (κ3) is 1.70. The SMILES string of the molecule is Oc1cccc(Cl)c1CN1CC2CCC1C2. The number of aromatic hydroxyl groups is 1. The molecule has 1 aliphatic carbocycles. The lowest BCUT2D eigenvalue weighted by Crippen LogP contribution is -2.31. The van der Waals surface area contributed by atoms with Gasteiger partial charge < -0.3 is 5.11 Å². The summed E-state index contributed by atoms with van der Waals surface area (Å²) in [6.45, 7) is 1.97. The second-order valence-electron chi connectivity index (χ2n) is 5.00. The summed E-state index contributed by atoms with van der Waals surface area (Å²) in [6.07, 6.45) is 4.04. The fourth-order valence-electron chi connectivity index (χ4n) is 3.13. The van der Waals surface area contributed by atoms with Crippen LogP contribution in [-0.2, 0) is 6.54 Å². The summed E-state index contributed by atoms with van der Waals surface area (Å²) in [5.74, 6) is 1.21. The van der Waals surface area contributed by atoms with Crippen LogP contribution in [0.25, 0.3) is 0 Å². The minimum absolute atomic E-state index is 0.329. The molecule has 16 heavy (non-hydrogen) atoms. The van der Waals surface area contributed by atoms with E-state index in [0.717, 1.165) is 24.1 Å². The van der Waals surface area contributed by atoms with E-state index in [4.69, 9.17) is 11.6 Å². The number of benzene rings is 1. The van der Waals surface area contributed by atoms with E-state index in [0.29, 0.717) is 10.8 Å². The molecule has 3 rings (SSSR count). The Hall–Kier alpha value is -0.730. The van der Waals surface area contributed by atoms with Crippen LogP contribution in [0.1, 0.15) is 24.8 Å². The van der Waals surface area contributed by atoms with Crippen molar-refractivity contribution in [3.63, 3.8) is 0 Å². The standard InChI is InChI=1S/C13H16ClNO/c14-12-2-1-3-13(16)11(12)8-15-7-9-4-5-10(15)6-9/h1-3,9-10,16H,4-8H2. The number of hydrogen-bond acceptors (Lipinski definition) is 2. The predicted molar refractivity (Wildman–Crippen MR) is 64.7 cm³/mol. The molecule has 1 saturated carbocycles. The van der Waals surface area contributed by atoms with Crippen molar-refractivity contribution >= 4 is 11.6 Å². The number of likely N-dealkylation sites (tertiary alicyclic amines) is 1. The molecular formula is C13H16ClNO. The maximum absolute atomic E-state index is 9.81. The van der Waals surface area contributed by atoms with Gasteiger partial charge in [0.15, 0.2) is 0 Å². The Kier molecular flexibility index (Phi) is 2.56. The van der Waals surface area contributed by atoms with Crippen LogP contribution in [0.3, 0.4) is 0 Å². The molecule has 1 aromatic rings. The fourth-order valence-corrected chi connectivity index (χ4v) is 3.36. The van der Waals surface area contributed by atoms with E-state index < -0.39 is 0 Å². The summed E-state index contributed by atoms with van der Waals surface area (Å²) in [5.41, 5.74) is 0.886. The summed E-state index contributed by atoms with van der Waals surface area (Å²) >= 11 is 6.12. The molecule has 2 fully saturated rings. The molecule has 1 saturated heterocycles. The van der Waals surface area contributed by atoms with E-state index in [1.54, 1.807) is 12.1 Å². The van der Waals surface area contributed by atoms with Crippen LogP contribution in [0.2, 0.25) is 5.02 Å². The van der Waals surface area contributed by atoms with E-state index >= 15 is 0 Å². The van der Waals surface area contributed by atoms with Crippen LogP contribution in [0.4, 0.5) is 0 Å². The van der Waals surface area contributed by atoms with Crippen molar-refractivity contribution in [1.29, 1.82) is 0 Å². The van der Waals surface area contributed by atoms with Gasteiger partial charge in [0.05, 0.1) is 0 Å². The van der Waals surface area contributed by atoms with Gasteiger partial charge in [-0.2, -0.15) is 0 Å². The van der Waals surface area contributed by atoms with Gasteiger partial charge in [-0.15, -0.1) is 0 Å². The first-order valence-corrected chi connectivity index (χ1v) is 6.32. The van der Waals surface area contributed by atoms with Crippen molar-refractivity contribution in [1.82, 2.24) is 4.90 Å². The number of halogens is 1. The largest absolute Gasteiger partial charge is 0.508 e. The van der Waals surface area contributed by atoms with Crippen LogP contribution in [0.5, 0.6) is 5.75 Å². The molecule has 1 aromatic carbocycles. The van der Waals surface area contributed by atoms with E-state index in [2.05, 4.69) is 4.90 Å². The Morgan fingerprint density at radius 3 is 2.88 bits per heavy atom. The second-order valence-corrected chi connectivity index (χ2v) is 5.41. The molecule has 86 valence electrons. The molecule has 0 amide bonds. The van der Waals surface area contributed by atoms with Crippen LogP contribution < -0.4 is 0 Å². The van der Waals surface area contributed by atoms with Gasteiger partial charge in [-0.3, -0.25) is 4.90 Å². The summed E-state index contributed by atoms with van der Waals surface area (Å²) in [5, 5.41) is 10.5. The quantitative estimate of drug-likeness (QED) is 0.855. The van der Waals surface area contributed by atoms with E-state index in [-0.39, 0.29) is 0 Å². The normalized spacial score (nSPS) is 28.8.